The van der Waals surface area contributed by atoms with Crippen molar-refractivity contribution in [1.29, 1.82) is 0 Å². The summed E-state index contributed by atoms with van der Waals surface area (Å²) in [7, 11) is 1.90. The fourth-order valence-electron chi connectivity index (χ4n) is 1.94. The fourth-order valence-corrected chi connectivity index (χ4v) is 1.94. The van der Waals surface area contributed by atoms with Crippen LogP contribution in [0.5, 0.6) is 5.75 Å². The first-order chi connectivity index (χ1) is 11.1. The Hall–Kier alpha value is -2.86. The highest BCUT2D eigenvalue weighted by Gasteiger charge is 2.03. The van der Waals surface area contributed by atoms with Crippen LogP contribution in [0.4, 0.5) is 5.69 Å². The van der Waals surface area contributed by atoms with Crippen molar-refractivity contribution in [3.63, 3.8) is 0 Å². The van der Waals surface area contributed by atoms with Crippen molar-refractivity contribution in [2.75, 3.05) is 25.1 Å². The summed E-state index contributed by atoms with van der Waals surface area (Å²) >= 11 is 0. The Kier molecular flexibility index (Phi) is 5.71. The van der Waals surface area contributed by atoms with E-state index >= 15 is 0 Å². The zero-order valence-corrected chi connectivity index (χ0v) is 12.8. The van der Waals surface area contributed by atoms with Gasteiger partial charge in [-0.2, -0.15) is 5.10 Å². The normalized spacial score (nSPS) is 10.7. The monoisotopic (exact) mass is 313 g/mol. The van der Waals surface area contributed by atoms with Crippen LogP contribution in [-0.4, -0.2) is 42.5 Å². The SMILES string of the molecule is CN(CCO)c1ccc(/C=N/NC(=O)c2ccc(O)cc2)cc1. The van der Waals surface area contributed by atoms with E-state index in [1.165, 1.54) is 24.3 Å². The van der Waals surface area contributed by atoms with E-state index in [0.717, 1.165) is 11.3 Å². The van der Waals surface area contributed by atoms with Gasteiger partial charge in [0, 0.05) is 24.8 Å². The molecule has 2 aromatic carbocycles. The number of nitrogens with zero attached hydrogens (tertiary/aromatic N) is 2. The van der Waals surface area contributed by atoms with Gasteiger partial charge in [-0.3, -0.25) is 4.79 Å². The van der Waals surface area contributed by atoms with E-state index in [2.05, 4.69) is 10.5 Å². The lowest BCUT2D eigenvalue weighted by atomic mass is 10.2. The van der Waals surface area contributed by atoms with Crippen LogP contribution in [0.1, 0.15) is 15.9 Å². The average molecular weight is 313 g/mol. The van der Waals surface area contributed by atoms with Gasteiger partial charge in [-0.1, -0.05) is 12.1 Å². The lowest BCUT2D eigenvalue weighted by Crippen LogP contribution is -2.20. The second kappa shape index (κ2) is 7.95. The van der Waals surface area contributed by atoms with Gasteiger partial charge >= 0.3 is 0 Å². The number of hydrazone groups is 1. The molecule has 0 spiro atoms. The first-order valence-electron chi connectivity index (χ1n) is 7.14. The highest BCUT2D eigenvalue weighted by atomic mass is 16.3. The number of aliphatic hydroxyl groups is 1. The van der Waals surface area contributed by atoms with Crippen LogP contribution in [0, 0.1) is 0 Å². The summed E-state index contributed by atoms with van der Waals surface area (Å²) in [6.45, 7) is 0.666. The summed E-state index contributed by atoms with van der Waals surface area (Å²) in [5.74, 6) is -0.239. The predicted octanol–water partition coefficient (Wildman–Crippen LogP) is 1.58. The summed E-state index contributed by atoms with van der Waals surface area (Å²) < 4.78 is 0. The number of anilines is 1. The molecule has 3 N–H and O–H groups in total. The number of aromatic hydroxyl groups is 1. The van der Waals surface area contributed by atoms with E-state index in [1.54, 1.807) is 6.21 Å². The average Bonchev–Trinajstić information content (AvgIpc) is 2.56. The number of likely N-dealkylation sites (N-methyl/N-ethyl adjacent to an activating group) is 1. The van der Waals surface area contributed by atoms with E-state index in [4.69, 9.17) is 5.11 Å². The number of rotatable bonds is 6. The third-order valence-electron chi connectivity index (χ3n) is 3.28. The molecule has 0 aliphatic rings. The molecule has 120 valence electrons. The van der Waals surface area contributed by atoms with Gasteiger partial charge in [0.2, 0.25) is 0 Å². The summed E-state index contributed by atoms with van der Waals surface area (Å²) in [4.78, 5) is 13.8. The van der Waals surface area contributed by atoms with Gasteiger partial charge in [-0.05, 0) is 42.0 Å². The highest BCUT2D eigenvalue weighted by Crippen LogP contribution is 2.12. The fraction of sp³-hybridized carbons (Fsp3) is 0.176. The second-order valence-electron chi connectivity index (χ2n) is 4.98. The molecule has 0 unspecified atom stereocenters. The molecule has 0 radical (unpaired) electrons. The Morgan fingerprint density at radius 1 is 1.17 bits per heavy atom. The van der Waals surface area contributed by atoms with Crippen LogP contribution in [-0.2, 0) is 0 Å². The van der Waals surface area contributed by atoms with Gasteiger partial charge in [0.15, 0.2) is 0 Å². The van der Waals surface area contributed by atoms with Crippen molar-refractivity contribution >= 4 is 17.8 Å². The molecule has 0 aliphatic heterocycles. The Labute approximate surface area is 134 Å². The van der Waals surface area contributed by atoms with Crippen LogP contribution in [0.2, 0.25) is 0 Å². The smallest absolute Gasteiger partial charge is 0.271 e. The number of amides is 1. The maximum absolute atomic E-state index is 11.8. The van der Waals surface area contributed by atoms with Crippen molar-refractivity contribution in [3.05, 3.63) is 59.7 Å². The number of carbonyl (C=O) groups is 1. The third kappa shape index (κ3) is 4.82. The maximum atomic E-state index is 11.8. The molecule has 0 bridgehead atoms. The van der Waals surface area contributed by atoms with Gasteiger partial charge in [0.05, 0.1) is 12.8 Å². The molecule has 0 heterocycles. The minimum Gasteiger partial charge on any atom is -0.508 e. The molecule has 1 amide bonds. The van der Waals surface area contributed by atoms with Gasteiger partial charge < -0.3 is 15.1 Å². The zero-order valence-electron chi connectivity index (χ0n) is 12.8. The molecular weight excluding hydrogens is 294 g/mol. The Balaban J connectivity index is 1.92. The quantitative estimate of drug-likeness (QED) is 0.558. The third-order valence-corrected chi connectivity index (χ3v) is 3.28. The second-order valence-corrected chi connectivity index (χ2v) is 4.98. The molecule has 0 aromatic heterocycles. The van der Waals surface area contributed by atoms with Crippen molar-refractivity contribution in [2.24, 2.45) is 5.10 Å². The first-order valence-corrected chi connectivity index (χ1v) is 7.14. The van der Waals surface area contributed by atoms with E-state index in [0.29, 0.717) is 12.1 Å². The van der Waals surface area contributed by atoms with Gasteiger partial charge in [0.1, 0.15) is 5.75 Å². The number of phenols is 1. The number of hydrogen-bond acceptors (Lipinski definition) is 5. The summed E-state index contributed by atoms with van der Waals surface area (Å²) in [5.41, 5.74) is 4.68. The van der Waals surface area contributed by atoms with Crippen molar-refractivity contribution in [1.82, 2.24) is 5.43 Å². The standard InChI is InChI=1S/C17H19N3O3/c1-20(10-11-21)15-6-2-13(3-7-15)12-18-19-17(23)14-4-8-16(22)9-5-14/h2-9,12,21-22H,10-11H2,1H3,(H,19,23)/b18-12+. The summed E-state index contributed by atoms with van der Waals surface area (Å²) in [6.07, 6.45) is 1.55. The molecule has 0 saturated heterocycles. The summed E-state index contributed by atoms with van der Waals surface area (Å²) in [6, 6.07) is 13.5. The minimum absolute atomic E-state index is 0.100. The molecular formula is C17H19N3O3. The van der Waals surface area contributed by atoms with Gasteiger partial charge in [0.25, 0.3) is 5.91 Å². The van der Waals surface area contributed by atoms with Crippen LogP contribution >= 0.6 is 0 Å². The van der Waals surface area contributed by atoms with Crippen LogP contribution in [0.3, 0.4) is 0 Å². The molecule has 0 saturated carbocycles. The summed E-state index contributed by atoms with van der Waals surface area (Å²) in [5, 5.41) is 22.0. The van der Waals surface area contributed by atoms with Crippen LogP contribution < -0.4 is 10.3 Å². The molecule has 2 aromatic rings. The van der Waals surface area contributed by atoms with E-state index < -0.39 is 0 Å². The number of phenolic OH excluding ortho intramolecular Hbond substituents is 1. The zero-order chi connectivity index (χ0) is 16.7. The number of nitrogens with one attached hydrogen (secondary N) is 1. The number of hydrogen-bond donors (Lipinski definition) is 3. The number of aliphatic hydroxyl groups excluding tert-OH is 1. The van der Waals surface area contributed by atoms with E-state index in [9.17, 15) is 9.90 Å². The molecule has 0 atom stereocenters. The lowest BCUT2D eigenvalue weighted by molar-refractivity contribution is 0.0955. The first kappa shape index (κ1) is 16.5. The van der Waals surface area contributed by atoms with E-state index in [1.807, 2.05) is 36.2 Å². The topological polar surface area (TPSA) is 85.2 Å². The van der Waals surface area contributed by atoms with Crippen molar-refractivity contribution in [3.8, 4) is 5.75 Å². The Bertz CT molecular complexity index is 666. The largest absolute Gasteiger partial charge is 0.508 e. The molecule has 0 fully saturated rings. The highest BCUT2D eigenvalue weighted by molar-refractivity contribution is 5.95. The lowest BCUT2D eigenvalue weighted by Gasteiger charge is -2.17. The molecule has 2 rings (SSSR count). The Morgan fingerprint density at radius 2 is 1.83 bits per heavy atom. The predicted molar refractivity (Wildman–Crippen MR) is 90.0 cm³/mol. The maximum Gasteiger partial charge on any atom is 0.271 e. The van der Waals surface area contributed by atoms with Crippen molar-refractivity contribution in [2.45, 2.75) is 0 Å². The van der Waals surface area contributed by atoms with Crippen LogP contribution in [0.25, 0.3) is 0 Å². The van der Waals surface area contributed by atoms with Gasteiger partial charge in [-0.25, -0.2) is 5.43 Å². The van der Waals surface area contributed by atoms with Crippen molar-refractivity contribution < 1.29 is 15.0 Å². The number of carbonyl (C=O) groups excluding carboxylic acids is 1. The van der Waals surface area contributed by atoms with E-state index in [-0.39, 0.29) is 18.3 Å². The molecule has 6 heteroatoms. The minimum atomic E-state index is -0.347. The molecule has 0 aliphatic carbocycles. The molecule has 23 heavy (non-hydrogen) atoms. The number of benzene rings is 2. The molecule has 6 nitrogen and oxygen atoms in total. The van der Waals surface area contributed by atoms with Gasteiger partial charge in [-0.15, -0.1) is 0 Å². The Morgan fingerprint density at radius 3 is 2.43 bits per heavy atom. The van der Waals surface area contributed by atoms with Crippen LogP contribution in [0.15, 0.2) is 53.6 Å².